The Kier molecular flexibility index (Phi) is 8.49. The van der Waals surface area contributed by atoms with Crippen LogP contribution in [-0.4, -0.2) is 18.7 Å². The summed E-state index contributed by atoms with van der Waals surface area (Å²) in [6, 6.07) is 20.0. The zero-order valence-corrected chi connectivity index (χ0v) is 21.3. The van der Waals surface area contributed by atoms with Crippen molar-refractivity contribution in [2.24, 2.45) is 5.73 Å². The lowest BCUT2D eigenvalue weighted by Crippen LogP contribution is -2.28. The summed E-state index contributed by atoms with van der Waals surface area (Å²) in [4.78, 5) is 12.6. The molecule has 0 saturated carbocycles. The molecule has 0 bridgehead atoms. The average Bonchev–Trinajstić information content (AvgIpc) is 2.92. The van der Waals surface area contributed by atoms with Crippen molar-refractivity contribution in [2.75, 3.05) is 6.61 Å². The number of allylic oxidation sites excluding steroid dienone is 1. The number of hydrogen-bond donors (Lipinski definition) is 1. The van der Waals surface area contributed by atoms with Crippen LogP contribution >= 0.6 is 0 Å². The highest BCUT2D eigenvalue weighted by atomic mass is 19.1. The summed E-state index contributed by atoms with van der Waals surface area (Å²) in [5.74, 6) is 0.190. The van der Waals surface area contributed by atoms with Crippen LogP contribution in [0, 0.1) is 17.1 Å². The molecule has 0 saturated heterocycles. The molecule has 0 aromatic heterocycles. The van der Waals surface area contributed by atoms with Crippen molar-refractivity contribution in [3.63, 3.8) is 0 Å². The summed E-state index contributed by atoms with van der Waals surface area (Å²) in [5, 5.41) is 9.81. The first-order valence-electron chi connectivity index (χ1n) is 12.5. The highest BCUT2D eigenvalue weighted by molar-refractivity contribution is 5.77. The van der Waals surface area contributed by atoms with Crippen LogP contribution in [0.4, 0.5) is 4.39 Å². The molecule has 3 aromatic rings. The normalized spacial score (nSPS) is 15.1. The zero-order chi connectivity index (χ0) is 27.1. The molecule has 7 nitrogen and oxygen atoms in total. The molecule has 2 N–H and O–H groups in total. The minimum absolute atomic E-state index is 0.0126. The fourth-order valence-electron chi connectivity index (χ4n) is 4.11. The second-order valence-corrected chi connectivity index (χ2v) is 8.88. The minimum Gasteiger partial charge on any atom is -0.494 e. The lowest BCUT2D eigenvalue weighted by molar-refractivity contribution is -0.141. The molecular formula is C30H29FN2O5. The number of hydrogen-bond acceptors (Lipinski definition) is 7. The molecule has 0 fully saturated rings. The number of esters is 1. The Balaban J connectivity index is 1.50. The van der Waals surface area contributed by atoms with E-state index in [1.54, 1.807) is 18.2 Å². The maximum atomic E-state index is 13.1. The molecule has 0 spiro atoms. The first-order valence-corrected chi connectivity index (χ1v) is 12.5. The first kappa shape index (κ1) is 26.6. The number of halogens is 1. The number of carbonyl (C=O) groups is 1. The molecule has 38 heavy (non-hydrogen) atoms. The van der Waals surface area contributed by atoms with E-state index in [0.717, 1.165) is 30.6 Å². The first-order chi connectivity index (χ1) is 18.4. The summed E-state index contributed by atoms with van der Waals surface area (Å²) >= 11 is 0. The Morgan fingerprint density at radius 1 is 1.05 bits per heavy atom. The van der Waals surface area contributed by atoms with Gasteiger partial charge in [0, 0.05) is 11.6 Å². The van der Waals surface area contributed by atoms with Gasteiger partial charge in [-0.1, -0.05) is 38.0 Å². The smallest absolute Gasteiger partial charge is 0.352 e. The number of fused-ring (bicyclic) bond motifs is 1. The van der Waals surface area contributed by atoms with Gasteiger partial charge in [-0.15, -0.1) is 0 Å². The molecule has 8 heteroatoms. The number of nitrogens with two attached hydrogens (primary N) is 1. The Hall–Kier alpha value is -4.51. The number of benzene rings is 3. The van der Waals surface area contributed by atoms with Crippen molar-refractivity contribution in [3.05, 3.63) is 95.1 Å². The van der Waals surface area contributed by atoms with Crippen LogP contribution in [0.2, 0.25) is 0 Å². The Labute approximate surface area is 221 Å². The maximum absolute atomic E-state index is 13.1. The minimum atomic E-state index is -0.942. The van der Waals surface area contributed by atoms with E-state index in [1.165, 1.54) is 31.2 Å². The molecular weight excluding hydrogens is 487 g/mol. The molecule has 1 heterocycles. The van der Waals surface area contributed by atoms with Gasteiger partial charge in [-0.3, -0.25) is 0 Å². The van der Waals surface area contributed by atoms with E-state index in [1.807, 2.05) is 24.3 Å². The summed E-state index contributed by atoms with van der Waals surface area (Å²) in [6.45, 7) is 4.33. The molecule has 1 aliphatic heterocycles. The van der Waals surface area contributed by atoms with Crippen LogP contribution < -0.4 is 24.7 Å². The van der Waals surface area contributed by atoms with Crippen LogP contribution in [0.3, 0.4) is 0 Å². The van der Waals surface area contributed by atoms with E-state index >= 15 is 0 Å². The van der Waals surface area contributed by atoms with E-state index in [2.05, 4.69) is 13.0 Å². The third kappa shape index (κ3) is 6.24. The highest BCUT2D eigenvalue weighted by Crippen LogP contribution is 2.43. The van der Waals surface area contributed by atoms with Gasteiger partial charge < -0.3 is 24.7 Å². The lowest BCUT2D eigenvalue weighted by atomic mass is 9.83. The standard InChI is InChI=1S/C30H29FN2O5/c1-3-4-5-16-35-22-10-6-20(7-11-22)28-25-15-14-24(17-27(25)38-29(33)26(28)18-32)37-30(34)19(2)36-23-12-8-21(31)9-13-23/h6-15,17,19,28H,3-5,16,33H2,1-2H3. The third-order valence-electron chi connectivity index (χ3n) is 6.10. The van der Waals surface area contributed by atoms with Gasteiger partial charge in [0.1, 0.15) is 40.5 Å². The summed E-state index contributed by atoms with van der Waals surface area (Å²) in [7, 11) is 0. The average molecular weight is 517 g/mol. The topological polar surface area (TPSA) is 104 Å². The van der Waals surface area contributed by atoms with Crippen LogP contribution in [0.25, 0.3) is 0 Å². The number of carbonyl (C=O) groups excluding carboxylic acids is 1. The third-order valence-corrected chi connectivity index (χ3v) is 6.10. The molecule has 3 aromatic carbocycles. The van der Waals surface area contributed by atoms with Gasteiger partial charge in [0.2, 0.25) is 5.88 Å². The van der Waals surface area contributed by atoms with E-state index in [-0.39, 0.29) is 11.6 Å². The van der Waals surface area contributed by atoms with E-state index < -0.39 is 23.8 Å². The number of rotatable bonds is 10. The highest BCUT2D eigenvalue weighted by Gasteiger charge is 2.31. The summed E-state index contributed by atoms with van der Waals surface area (Å²) < 4.78 is 35.7. The second-order valence-electron chi connectivity index (χ2n) is 8.88. The summed E-state index contributed by atoms with van der Waals surface area (Å²) in [5.41, 5.74) is 7.96. The Morgan fingerprint density at radius 3 is 2.42 bits per heavy atom. The Morgan fingerprint density at radius 2 is 1.74 bits per heavy atom. The Bertz CT molecular complexity index is 1350. The van der Waals surface area contributed by atoms with Crippen molar-refractivity contribution >= 4 is 5.97 Å². The van der Waals surface area contributed by atoms with Gasteiger partial charge in [-0.05, 0) is 61.4 Å². The lowest BCUT2D eigenvalue weighted by Gasteiger charge is -2.27. The van der Waals surface area contributed by atoms with Gasteiger partial charge in [-0.2, -0.15) is 5.26 Å². The van der Waals surface area contributed by atoms with Crippen LogP contribution in [0.5, 0.6) is 23.0 Å². The van der Waals surface area contributed by atoms with Crippen molar-refractivity contribution in [3.8, 4) is 29.1 Å². The van der Waals surface area contributed by atoms with Gasteiger partial charge in [-0.25, -0.2) is 9.18 Å². The van der Waals surface area contributed by atoms with E-state index in [9.17, 15) is 14.4 Å². The zero-order valence-electron chi connectivity index (χ0n) is 21.3. The number of nitrogens with zero attached hydrogens (tertiary/aromatic N) is 1. The van der Waals surface area contributed by atoms with Crippen molar-refractivity contribution in [1.29, 1.82) is 5.26 Å². The molecule has 4 rings (SSSR count). The quantitative estimate of drug-likeness (QED) is 0.201. The molecule has 196 valence electrons. The van der Waals surface area contributed by atoms with E-state index in [4.69, 9.17) is 24.7 Å². The van der Waals surface area contributed by atoms with Crippen molar-refractivity contribution in [1.82, 2.24) is 0 Å². The van der Waals surface area contributed by atoms with Crippen molar-refractivity contribution in [2.45, 2.75) is 45.1 Å². The molecule has 0 amide bonds. The maximum Gasteiger partial charge on any atom is 0.352 e. The monoisotopic (exact) mass is 516 g/mol. The van der Waals surface area contributed by atoms with E-state index in [0.29, 0.717) is 29.2 Å². The SMILES string of the molecule is CCCCCOc1ccc(C2C(C#N)=C(N)Oc3cc(OC(=O)C(C)Oc4ccc(F)cc4)ccc32)cc1. The van der Waals surface area contributed by atoms with Crippen LogP contribution in [0.15, 0.2) is 78.2 Å². The van der Waals surface area contributed by atoms with Gasteiger partial charge >= 0.3 is 5.97 Å². The molecule has 0 radical (unpaired) electrons. The second kappa shape index (κ2) is 12.2. The molecule has 2 unspecified atom stereocenters. The predicted octanol–water partition coefficient (Wildman–Crippen LogP) is 5.99. The largest absolute Gasteiger partial charge is 0.494 e. The molecule has 0 aliphatic carbocycles. The van der Waals surface area contributed by atoms with Crippen LogP contribution in [0.1, 0.15) is 50.2 Å². The van der Waals surface area contributed by atoms with Crippen LogP contribution in [-0.2, 0) is 4.79 Å². The fraction of sp³-hybridized carbons (Fsp3) is 0.267. The predicted molar refractivity (Wildman–Crippen MR) is 139 cm³/mol. The van der Waals surface area contributed by atoms with Gasteiger partial charge in [0.15, 0.2) is 6.10 Å². The summed E-state index contributed by atoms with van der Waals surface area (Å²) in [6.07, 6.45) is 2.29. The van der Waals surface area contributed by atoms with Gasteiger partial charge in [0.05, 0.1) is 12.5 Å². The molecule has 1 aliphatic rings. The molecule has 2 atom stereocenters. The van der Waals surface area contributed by atoms with Crippen molar-refractivity contribution < 1.29 is 28.1 Å². The van der Waals surface area contributed by atoms with Gasteiger partial charge in [0.25, 0.3) is 0 Å². The number of ether oxygens (including phenoxy) is 4. The number of unbranched alkanes of at least 4 members (excludes halogenated alkanes) is 2. The fourth-order valence-corrected chi connectivity index (χ4v) is 4.11. The number of nitriles is 1.